The van der Waals surface area contributed by atoms with Crippen LogP contribution < -0.4 is 5.32 Å². The second-order valence-electron chi connectivity index (χ2n) is 4.77. The number of halogens is 1. The molecule has 0 aromatic heterocycles. The number of rotatable bonds is 4. The molecule has 0 aliphatic carbocycles. The van der Waals surface area contributed by atoms with Crippen LogP contribution in [-0.2, 0) is 0 Å². The van der Waals surface area contributed by atoms with E-state index in [2.05, 4.69) is 17.1 Å². The molecule has 0 spiro atoms. The standard InChI is InChI=1S/C13H18FN3O2/c1-2-16-7-5-11(6-8-16)15-12-4-3-10(14)9-13(12)17(18)19/h3-4,9,11,15H,2,5-8H2,1H3. The van der Waals surface area contributed by atoms with Gasteiger partial charge in [-0.1, -0.05) is 6.92 Å². The van der Waals surface area contributed by atoms with Crippen LogP contribution in [0.15, 0.2) is 18.2 Å². The Morgan fingerprint density at radius 1 is 1.47 bits per heavy atom. The third kappa shape index (κ3) is 3.41. The first-order chi connectivity index (χ1) is 9.10. The van der Waals surface area contributed by atoms with Crippen molar-refractivity contribution >= 4 is 11.4 Å². The normalized spacial score (nSPS) is 17.4. The van der Waals surface area contributed by atoms with Crippen LogP contribution in [0, 0.1) is 15.9 Å². The van der Waals surface area contributed by atoms with Gasteiger partial charge in [-0.25, -0.2) is 4.39 Å². The molecule has 0 bridgehead atoms. The van der Waals surface area contributed by atoms with Crippen LogP contribution in [-0.4, -0.2) is 35.5 Å². The molecule has 0 saturated carbocycles. The number of likely N-dealkylation sites (tertiary alicyclic amines) is 1. The summed E-state index contributed by atoms with van der Waals surface area (Å²) in [6.07, 6.45) is 1.89. The molecule has 0 unspecified atom stereocenters. The number of nitrogens with zero attached hydrogens (tertiary/aromatic N) is 2. The number of nitro benzene ring substituents is 1. The number of anilines is 1. The summed E-state index contributed by atoms with van der Waals surface area (Å²) >= 11 is 0. The van der Waals surface area contributed by atoms with Crippen molar-refractivity contribution < 1.29 is 9.31 Å². The predicted molar refractivity (Wildman–Crippen MR) is 71.8 cm³/mol. The summed E-state index contributed by atoms with van der Waals surface area (Å²) in [5.41, 5.74) is 0.208. The quantitative estimate of drug-likeness (QED) is 0.673. The van der Waals surface area contributed by atoms with Crippen molar-refractivity contribution in [1.29, 1.82) is 0 Å². The Balaban J connectivity index is 2.05. The SMILES string of the molecule is CCN1CCC(Nc2ccc(F)cc2[N+](=O)[O-])CC1. The lowest BCUT2D eigenvalue weighted by Crippen LogP contribution is -2.38. The van der Waals surface area contributed by atoms with E-state index in [-0.39, 0.29) is 11.7 Å². The summed E-state index contributed by atoms with van der Waals surface area (Å²) in [4.78, 5) is 12.7. The summed E-state index contributed by atoms with van der Waals surface area (Å²) in [6, 6.07) is 3.87. The molecule has 1 saturated heterocycles. The van der Waals surface area contributed by atoms with Crippen molar-refractivity contribution in [3.05, 3.63) is 34.1 Å². The van der Waals surface area contributed by atoms with Crippen LogP contribution in [0.4, 0.5) is 15.8 Å². The molecule has 19 heavy (non-hydrogen) atoms. The zero-order chi connectivity index (χ0) is 13.8. The molecule has 6 heteroatoms. The van der Waals surface area contributed by atoms with Crippen LogP contribution in [0.25, 0.3) is 0 Å². The highest BCUT2D eigenvalue weighted by atomic mass is 19.1. The molecule has 1 aliphatic heterocycles. The summed E-state index contributed by atoms with van der Waals surface area (Å²) in [5, 5.41) is 14.1. The molecule has 0 radical (unpaired) electrons. The number of benzene rings is 1. The van der Waals surface area contributed by atoms with Crippen molar-refractivity contribution in [3.63, 3.8) is 0 Å². The van der Waals surface area contributed by atoms with E-state index in [4.69, 9.17) is 0 Å². The van der Waals surface area contributed by atoms with Gasteiger partial charge in [0.2, 0.25) is 0 Å². The molecule has 1 fully saturated rings. The van der Waals surface area contributed by atoms with Gasteiger partial charge in [-0.05, 0) is 31.5 Å². The molecule has 1 aliphatic rings. The molecule has 2 rings (SSSR count). The molecule has 1 heterocycles. The van der Waals surface area contributed by atoms with Gasteiger partial charge in [0.15, 0.2) is 0 Å². The minimum atomic E-state index is -0.585. The number of nitrogens with one attached hydrogen (secondary N) is 1. The Morgan fingerprint density at radius 3 is 2.74 bits per heavy atom. The van der Waals surface area contributed by atoms with Crippen LogP contribution in [0.2, 0.25) is 0 Å². The van der Waals surface area contributed by atoms with Crippen molar-refractivity contribution in [1.82, 2.24) is 4.90 Å². The zero-order valence-electron chi connectivity index (χ0n) is 10.9. The van der Waals surface area contributed by atoms with Gasteiger partial charge in [0.25, 0.3) is 5.69 Å². The third-order valence-corrected chi connectivity index (χ3v) is 3.55. The average molecular weight is 267 g/mol. The van der Waals surface area contributed by atoms with E-state index in [1.54, 1.807) is 0 Å². The van der Waals surface area contributed by atoms with E-state index in [9.17, 15) is 14.5 Å². The first kappa shape index (κ1) is 13.7. The molecule has 1 aromatic carbocycles. The van der Waals surface area contributed by atoms with Crippen molar-refractivity contribution in [2.45, 2.75) is 25.8 Å². The first-order valence-electron chi connectivity index (χ1n) is 6.53. The fraction of sp³-hybridized carbons (Fsp3) is 0.538. The Kier molecular flexibility index (Phi) is 4.31. The van der Waals surface area contributed by atoms with Gasteiger partial charge < -0.3 is 10.2 Å². The van der Waals surface area contributed by atoms with Gasteiger partial charge in [-0.15, -0.1) is 0 Å². The number of hydrogen-bond donors (Lipinski definition) is 1. The molecule has 1 aromatic rings. The van der Waals surface area contributed by atoms with Crippen molar-refractivity contribution in [3.8, 4) is 0 Å². The fourth-order valence-electron chi connectivity index (χ4n) is 2.39. The Bertz CT molecular complexity index is 459. The Morgan fingerprint density at radius 2 is 2.16 bits per heavy atom. The number of piperidine rings is 1. The smallest absolute Gasteiger partial charge is 0.295 e. The zero-order valence-corrected chi connectivity index (χ0v) is 10.9. The van der Waals surface area contributed by atoms with Gasteiger partial charge in [0.05, 0.1) is 11.0 Å². The average Bonchev–Trinajstić information content (AvgIpc) is 2.41. The Hall–Kier alpha value is -1.69. The second kappa shape index (κ2) is 5.97. The van der Waals surface area contributed by atoms with Gasteiger partial charge in [-0.3, -0.25) is 10.1 Å². The van der Waals surface area contributed by atoms with Gasteiger partial charge >= 0.3 is 0 Å². The summed E-state index contributed by atoms with van der Waals surface area (Å²) < 4.78 is 13.0. The van der Waals surface area contributed by atoms with E-state index in [0.717, 1.165) is 38.5 Å². The van der Waals surface area contributed by atoms with Gasteiger partial charge in [0, 0.05) is 19.1 Å². The third-order valence-electron chi connectivity index (χ3n) is 3.55. The van der Waals surface area contributed by atoms with Crippen molar-refractivity contribution in [2.75, 3.05) is 25.0 Å². The summed E-state index contributed by atoms with van der Waals surface area (Å²) in [5.74, 6) is -0.585. The summed E-state index contributed by atoms with van der Waals surface area (Å²) in [7, 11) is 0. The fourth-order valence-corrected chi connectivity index (χ4v) is 2.39. The van der Waals surface area contributed by atoms with Gasteiger partial charge in [-0.2, -0.15) is 0 Å². The van der Waals surface area contributed by atoms with Crippen molar-refractivity contribution in [2.24, 2.45) is 0 Å². The largest absolute Gasteiger partial charge is 0.377 e. The maximum atomic E-state index is 13.0. The van der Waals surface area contributed by atoms with E-state index < -0.39 is 10.7 Å². The minimum Gasteiger partial charge on any atom is -0.377 e. The molecular weight excluding hydrogens is 249 g/mol. The topological polar surface area (TPSA) is 58.4 Å². The molecule has 5 nitrogen and oxygen atoms in total. The number of hydrogen-bond acceptors (Lipinski definition) is 4. The monoisotopic (exact) mass is 267 g/mol. The summed E-state index contributed by atoms with van der Waals surface area (Å²) in [6.45, 7) is 5.13. The van der Waals surface area contributed by atoms with E-state index in [0.29, 0.717) is 5.69 Å². The van der Waals surface area contributed by atoms with E-state index in [1.165, 1.54) is 12.1 Å². The van der Waals surface area contributed by atoms with E-state index >= 15 is 0 Å². The lowest BCUT2D eigenvalue weighted by Gasteiger charge is -2.31. The molecule has 1 N–H and O–H groups in total. The molecule has 104 valence electrons. The maximum absolute atomic E-state index is 13.0. The Labute approximate surface area is 111 Å². The van der Waals surface area contributed by atoms with Crippen LogP contribution in [0.5, 0.6) is 0 Å². The highest BCUT2D eigenvalue weighted by Crippen LogP contribution is 2.27. The van der Waals surface area contributed by atoms with Crippen LogP contribution in [0.1, 0.15) is 19.8 Å². The molecular formula is C13H18FN3O2. The van der Waals surface area contributed by atoms with Crippen LogP contribution in [0.3, 0.4) is 0 Å². The van der Waals surface area contributed by atoms with E-state index in [1.807, 2.05) is 0 Å². The predicted octanol–water partition coefficient (Wildman–Crippen LogP) is 2.63. The molecule has 0 atom stereocenters. The number of nitro groups is 1. The lowest BCUT2D eigenvalue weighted by molar-refractivity contribution is -0.384. The highest BCUT2D eigenvalue weighted by Gasteiger charge is 2.21. The second-order valence-corrected chi connectivity index (χ2v) is 4.77. The first-order valence-corrected chi connectivity index (χ1v) is 6.53. The van der Waals surface area contributed by atoms with Crippen LogP contribution >= 0.6 is 0 Å². The minimum absolute atomic E-state index is 0.196. The highest BCUT2D eigenvalue weighted by molar-refractivity contribution is 5.61. The van der Waals surface area contributed by atoms with Gasteiger partial charge in [0.1, 0.15) is 11.5 Å². The molecule has 0 amide bonds. The maximum Gasteiger partial charge on any atom is 0.295 e. The lowest BCUT2D eigenvalue weighted by atomic mass is 10.0.